The first-order chi connectivity index (χ1) is 7.91. The lowest BCUT2D eigenvalue weighted by molar-refractivity contribution is -0.124. The zero-order valence-electron chi connectivity index (χ0n) is 11.6. The Kier molecular flexibility index (Phi) is 8.96. The summed E-state index contributed by atoms with van der Waals surface area (Å²) in [5, 5.41) is 0. The molecule has 0 spiro atoms. The van der Waals surface area contributed by atoms with Crippen LogP contribution in [0.5, 0.6) is 0 Å². The second kappa shape index (κ2) is 9.34. The van der Waals surface area contributed by atoms with Crippen molar-refractivity contribution in [1.29, 1.82) is 0 Å². The minimum Gasteiger partial charge on any atom is -0.374 e. The maximum Gasteiger partial charge on any atom is 0.158 e. The van der Waals surface area contributed by atoms with Crippen LogP contribution in [0, 0.1) is 11.8 Å². The van der Waals surface area contributed by atoms with Gasteiger partial charge in [-0.2, -0.15) is 0 Å². The molecule has 0 aromatic heterocycles. The van der Waals surface area contributed by atoms with Crippen LogP contribution in [0.25, 0.3) is 0 Å². The van der Waals surface area contributed by atoms with E-state index in [0.717, 1.165) is 6.42 Å². The molecule has 0 saturated heterocycles. The van der Waals surface area contributed by atoms with Gasteiger partial charge in [0.05, 0.1) is 0 Å². The number of hydrogen-bond acceptors (Lipinski definition) is 3. The largest absolute Gasteiger partial charge is 0.374 e. The average Bonchev–Trinajstić information content (AvgIpc) is 2.14. The average molecular weight is 242 g/mol. The molecule has 0 unspecified atom stereocenters. The summed E-state index contributed by atoms with van der Waals surface area (Å²) in [5.41, 5.74) is 0. The minimum atomic E-state index is 0.147. The van der Waals surface area contributed by atoms with E-state index < -0.39 is 0 Å². The van der Waals surface area contributed by atoms with Crippen LogP contribution in [0.2, 0.25) is 0 Å². The Bertz CT molecular complexity index is 208. The number of Topliss-reactive ketones (excluding diaryl/α,β-unsaturated/α-hetero) is 2. The molecule has 0 amide bonds. The highest BCUT2D eigenvalue weighted by atomic mass is 16.5. The molecule has 3 nitrogen and oxygen atoms in total. The van der Waals surface area contributed by atoms with Crippen molar-refractivity contribution in [2.45, 2.75) is 53.4 Å². The summed E-state index contributed by atoms with van der Waals surface area (Å²) in [5.74, 6) is 1.25. The van der Waals surface area contributed by atoms with Crippen molar-refractivity contribution in [2.24, 2.45) is 11.8 Å². The van der Waals surface area contributed by atoms with Gasteiger partial charge in [-0.25, -0.2) is 0 Å². The normalized spacial score (nSPS) is 11.2. The molecule has 0 atom stereocenters. The van der Waals surface area contributed by atoms with Gasteiger partial charge >= 0.3 is 0 Å². The molecule has 0 aromatic rings. The molecule has 0 saturated carbocycles. The fourth-order valence-electron chi connectivity index (χ4n) is 1.63. The summed E-state index contributed by atoms with van der Waals surface area (Å²) in [4.78, 5) is 22.7. The summed E-state index contributed by atoms with van der Waals surface area (Å²) in [6.45, 7) is 8.81. The van der Waals surface area contributed by atoms with Crippen molar-refractivity contribution in [3.63, 3.8) is 0 Å². The van der Waals surface area contributed by atoms with Crippen LogP contribution in [0.4, 0.5) is 0 Å². The lowest BCUT2D eigenvalue weighted by atomic mass is 10.0. The third kappa shape index (κ3) is 11.6. The van der Waals surface area contributed by atoms with Gasteiger partial charge in [0.25, 0.3) is 0 Å². The molecule has 0 aliphatic heterocycles. The highest BCUT2D eigenvalue weighted by molar-refractivity contribution is 5.79. The first kappa shape index (κ1) is 16.3. The number of hydrogen-bond donors (Lipinski definition) is 0. The SMILES string of the molecule is CC(C)CC(=O)CCCOCC(=O)CC(C)C. The Morgan fingerprint density at radius 1 is 0.941 bits per heavy atom. The Balaban J connectivity index is 3.40. The lowest BCUT2D eigenvalue weighted by Crippen LogP contribution is -2.12. The lowest BCUT2D eigenvalue weighted by Gasteiger charge is -2.06. The van der Waals surface area contributed by atoms with Crippen LogP contribution in [0.1, 0.15) is 53.4 Å². The predicted octanol–water partition coefficient (Wildman–Crippen LogP) is 3.01. The molecule has 17 heavy (non-hydrogen) atoms. The standard InChI is InChI=1S/C14H26O3/c1-11(2)8-13(15)6-5-7-17-10-14(16)9-12(3)4/h11-12H,5-10H2,1-4H3. The fourth-order valence-corrected chi connectivity index (χ4v) is 1.63. The quantitative estimate of drug-likeness (QED) is 0.553. The number of ether oxygens (including phenoxy) is 1. The smallest absolute Gasteiger partial charge is 0.158 e. The molecule has 0 fully saturated rings. The van der Waals surface area contributed by atoms with E-state index in [1.54, 1.807) is 0 Å². The molecule has 100 valence electrons. The van der Waals surface area contributed by atoms with E-state index in [2.05, 4.69) is 0 Å². The predicted molar refractivity (Wildman–Crippen MR) is 69.0 cm³/mol. The van der Waals surface area contributed by atoms with E-state index >= 15 is 0 Å². The first-order valence-electron chi connectivity index (χ1n) is 6.53. The van der Waals surface area contributed by atoms with Gasteiger partial charge in [-0.15, -0.1) is 0 Å². The summed E-state index contributed by atoms with van der Waals surface area (Å²) in [6.07, 6.45) is 2.51. The van der Waals surface area contributed by atoms with Crippen molar-refractivity contribution in [2.75, 3.05) is 13.2 Å². The zero-order valence-corrected chi connectivity index (χ0v) is 11.6. The van der Waals surface area contributed by atoms with Gasteiger partial charge < -0.3 is 4.74 Å². The van der Waals surface area contributed by atoms with Crippen molar-refractivity contribution < 1.29 is 14.3 Å². The summed E-state index contributed by atoms with van der Waals surface area (Å²) in [6, 6.07) is 0. The molecule has 0 aliphatic rings. The highest BCUT2D eigenvalue weighted by Crippen LogP contribution is 2.05. The van der Waals surface area contributed by atoms with Gasteiger partial charge in [0.1, 0.15) is 12.4 Å². The number of carbonyl (C=O) groups is 2. The van der Waals surface area contributed by atoms with Crippen LogP contribution in [-0.2, 0) is 14.3 Å². The third-order valence-corrected chi connectivity index (χ3v) is 2.28. The zero-order chi connectivity index (χ0) is 13.3. The Labute approximate surface area is 105 Å². The molecule has 0 radical (unpaired) electrons. The number of ketones is 2. The van der Waals surface area contributed by atoms with Crippen LogP contribution in [0.15, 0.2) is 0 Å². The van der Waals surface area contributed by atoms with E-state index in [0.29, 0.717) is 37.7 Å². The maximum absolute atomic E-state index is 11.4. The number of rotatable bonds is 10. The molecule has 0 aromatic carbocycles. The monoisotopic (exact) mass is 242 g/mol. The molecule has 0 heterocycles. The van der Waals surface area contributed by atoms with Gasteiger partial charge in [-0.1, -0.05) is 27.7 Å². The highest BCUT2D eigenvalue weighted by Gasteiger charge is 2.06. The molecule has 0 bridgehead atoms. The van der Waals surface area contributed by atoms with Gasteiger partial charge in [0.15, 0.2) is 5.78 Å². The van der Waals surface area contributed by atoms with Crippen LogP contribution >= 0.6 is 0 Å². The van der Waals surface area contributed by atoms with Crippen molar-refractivity contribution in [3.05, 3.63) is 0 Å². The van der Waals surface area contributed by atoms with Crippen LogP contribution < -0.4 is 0 Å². The fraction of sp³-hybridized carbons (Fsp3) is 0.857. The minimum absolute atomic E-state index is 0.147. The van der Waals surface area contributed by atoms with Crippen LogP contribution in [0.3, 0.4) is 0 Å². The first-order valence-corrected chi connectivity index (χ1v) is 6.53. The summed E-state index contributed by atoms with van der Waals surface area (Å²) >= 11 is 0. The third-order valence-electron chi connectivity index (χ3n) is 2.28. The molecular formula is C14H26O3. The molecule has 3 heteroatoms. The Morgan fingerprint density at radius 3 is 2.00 bits per heavy atom. The van der Waals surface area contributed by atoms with Crippen LogP contribution in [-0.4, -0.2) is 24.8 Å². The molecule has 0 aliphatic carbocycles. The van der Waals surface area contributed by atoms with Gasteiger partial charge in [0, 0.05) is 25.9 Å². The Hall–Kier alpha value is -0.700. The van der Waals surface area contributed by atoms with E-state index in [-0.39, 0.29) is 18.2 Å². The maximum atomic E-state index is 11.4. The van der Waals surface area contributed by atoms with E-state index in [1.807, 2.05) is 27.7 Å². The van der Waals surface area contributed by atoms with Gasteiger partial charge in [-0.05, 0) is 18.3 Å². The van der Waals surface area contributed by atoms with Crippen molar-refractivity contribution in [1.82, 2.24) is 0 Å². The second-order valence-electron chi connectivity index (χ2n) is 5.43. The van der Waals surface area contributed by atoms with Gasteiger partial charge in [-0.3, -0.25) is 9.59 Å². The number of carbonyl (C=O) groups excluding carboxylic acids is 2. The van der Waals surface area contributed by atoms with Crippen molar-refractivity contribution >= 4 is 11.6 Å². The van der Waals surface area contributed by atoms with E-state index in [9.17, 15) is 9.59 Å². The summed E-state index contributed by atoms with van der Waals surface area (Å²) < 4.78 is 5.25. The Morgan fingerprint density at radius 2 is 1.47 bits per heavy atom. The summed E-state index contributed by atoms with van der Waals surface area (Å²) in [7, 11) is 0. The molecule has 0 rings (SSSR count). The van der Waals surface area contributed by atoms with E-state index in [1.165, 1.54) is 0 Å². The van der Waals surface area contributed by atoms with Crippen molar-refractivity contribution in [3.8, 4) is 0 Å². The van der Waals surface area contributed by atoms with Gasteiger partial charge in [0.2, 0.25) is 0 Å². The van der Waals surface area contributed by atoms with E-state index in [4.69, 9.17) is 4.74 Å². The molecular weight excluding hydrogens is 216 g/mol. The topological polar surface area (TPSA) is 43.4 Å². The molecule has 0 N–H and O–H groups in total. The second-order valence-corrected chi connectivity index (χ2v) is 5.43.